The molecular formula is C9H16N2O. The average Bonchev–Trinajstić information content (AvgIpc) is 2.12. The van der Waals surface area contributed by atoms with Crippen LogP contribution >= 0.6 is 0 Å². The SMILES string of the molecule is CN1CCC2CCNCC2C1=O. The monoisotopic (exact) mass is 168 g/mol. The largest absolute Gasteiger partial charge is 0.345 e. The Bertz CT molecular complexity index is 193. The summed E-state index contributed by atoms with van der Waals surface area (Å²) in [5.74, 6) is 1.28. The molecule has 12 heavy (non-hydrogen) atoms. The molecule has 1 N–H and O–H groups in total. The maximum atomic E-state index is 11.6. The lowest BCUT2D eigenvalue weighted by molar-refractivity contribution is -0.140. The van der Waals surface area contributed by atoms with Gasteiger partial charge >= 0.3 is 0 Å². The van der Waals surface area contributed by atoms with Gasteiger partial charge < -0.3 is 10.2 Å². The number of carbonyl (C=O) groups is 1. The first-order valence-corrected chi connectivity index (χ1v) is 4.75. The summed E-state index contributed by atoms with van der Waals surface area (Å²) >= 11 is 0. The lowest BCUT2D eigenvalue weighted by atomic mass is 9.80. The standard InChI is InChI=1S/C9H16N2O/c1-11-5-3-7-2-4-10-6-8(7)9(11)12/h7-8,10H,2-6H2,1H3. The highest BCUT2D eigenvalue weighted by molar-refractivity contribution is 5.80. The number of likely N-dealkylation sites (tertiary alicyclic amines) is 1. The molecule has 2 rings (SSSR count). The fraction of sp³-hybridized carbons (Fsp3) is 0.889. The van der Waals surface area contributed by atoms with E-state index in [1.807, 2.05) is 11.9 Å². The van der Waals surface area contributed by atoms with Crippen molar-refractivity contribution in [2.75, 3.05) is 26.7 Å². The molecule has 2 aliphatic heterocycles. The molecule has 0 radical (unpaired) electrons. The van der Waals surface area contributed by atoms with Crippen LogP contribution in [0, 0.1) is 11.8 Å². The first-order chi connectivity index (χ1) is 5.79. The first-order valence-electron chi connectivity index (χ1n) is 4.75. The fourth-order valence-corrected chi connectivity index (χ4v) is 2.30. The van der Waals surface area contributed by atoms with Crippen LogP contribution in [0.2, 0.25) is 0 Å². The summed E-state index contributed by atoms with van der Waals surface area (Å²) in [7, 11) is 1.91. The van der Waals surface area contributed by atoms with Crippen molar-refractivity contribution in [3.63, 3.8) is 0 Å². The highest BCUT2D eigenvalue weighted by atomic mass is 16.2. The number of amides is 1. The third-order valence-corrected chi connectivity index (χ3v) is 3.15. The zero-order valence-corrected chi connectivity index (χ0v) is 7.55. The van der Waals surface area contributed by atoms with Gasteiger partial charge in [-0.2, -0.15) is 0 Å². The topological polar surface area (TPSA) is 32.3 Å². The molecule has 2 saturated heterocycles. The lowest BCUT2D eigenvalue weighted by Gasteiger charge is -2.39. The summed E-state index contributed by atoms with van der Waals surface area (Å²) in [6.07, 6.45) is 2.39. The summed E-state index contributed by atoms with van der Waals surface area (Å²) in [6, 6.07) is 0. The van der Waals surface area contributed by atoms with Gasteiger partial charge in [-0.3, -0.25) is 4.79 Å². The number of hydrogen-bond acceptors (Lipinski definition) is 2. The molecule has 2 aliphatic rings. The molecule has 0 aliphatic carbocycles. The van der Waals surface area contributed by atoms with Crippen molar-refractivity contribution in [1.82, 2.24) is 10.2 Å². The molecule has 2 heterocycles. The van der Waals surface area contributed by atoms with E-state index >= 15 is 0 Å². The fourth-order valence-electron chi connectivity index (χ4n) is 2.30. The quantitative estimate of drug-likeness (QED) is 0.555. The normalized spacial score (nSPS) is 36.4. The van der Waals surface area contributed by atoms with Crippen LogP contribution in [-0.4, -0.2) is 37.5 Å². The van der Waals surface area contributed by atoms with Crippen molar-refractivity contribution in [1.29, 1.82) is 0 Å². The minimum absolute atomic E-state index is 0.275. The molecule has 0 aromatic heterocycles. The highest BCUT2D eigenvalue weighted by Crippen LogP contribution is 2.28. The molecule has 68 valence electrons. The zero-order chi connectivity index (χ0) is 8.55. The zero-order valence-electron chi connectivity index (χ0n) is 7.55. The van der Waals surface area contributed by atoms with Crippen molar-refractivity contribution in [2.24, 2.45) is 11.8 Å². The van der Waals surface area contributed by atoms with E-state index in [9.17, 15) is 4.79 Å². The van der Waals surface area contributed by atoms with Gasteiger partial charge in [-0.15, -0.1) is 0 Å². The van der Waals surface area contributed by atoms with Gasteiger partial charge in [0.2, 0.25) is 5.91 Å². The van der Waals surface area contributed by atoms with Crippen molar-refractivity contribution in [3.05, 3.63) is 0 Å². The Hall–Kier alpha value is -0.570. The molecule has 3 heteroatoms. The second-order valence-electron chi connectivity index (χ2n) is 3.91. The third-order valence-electron chi connectivity index (χ3n) is 3.15. The van der Waals surface area contributed by atoms with Gasteiger partial charge in [0.05, 0.1) is 5.92 Å². The van der Waals surface area contributed by atoms with Gasteiger partial charge in [0.25, 0.3) is 0 Å². The van der Waals surface area contributed by atoms with Crippen LogP contribution in [-0.2, 0) is 4.79 Å². The molecule has 2 atom stereocenters. The molecule has 0 spiro atoms. The van der Waals surface area contributed by atoms with Crippen LogP contribution < -0.4 is 5.32 Å². The van der Waals surface area contributed by atoms with Crippen LogP contribution in [0.5, 0.6) is 0 Å². The molecule has 1 amide bonds. The van der Waals surface area contributed by atoms with Crippen LogP contribution in [0.25, 0.3) is 0 Å². The number of carbonyl (C=O) groups excluding carboxylic acids is 1. The Labute approximate surface area is 73.1 Å². The Morgan fingerprint density at radius 1 is 1.50 bits per heavy atom. The van der Waals surface area contributed by atoms with Gasteiger partial charge in [-0.05, 0) is 25.3 Å². The van der Waals surface area contributed by atoms with Crippen molar-refractivity contribution in [2.45, 2.75) is 12.8 Å². The number of nitrogens with zero attached hydrogens (tertiary/aromatic N) is 1. The van der Waals surface area contributed by atoms with E-state index in [1.165, 1.54) is 12.8 Å². The minimum atomic E-state index is 0.275. The Morgan fingerprint density at radius 3 is 3.17 bits per heavy atom. The van der Waals surface area contributed by atoms with Gasteiger partial charge in [0, 0.05) is 20.1 Å². The molecule has 2 unspecified atom stereocenters. The second-order valence-corrected chi connectivity index (χ2v) is 3.91. The molecule has 0 aromatic carbocycles. The van der Waals surface area contributed by atoms with E-state index in [2.05, 4.69) is 5.32 Å². The van der Waals surface area contributed by atoms with Crippen LogP contribution in [0.15, 0.2) is 0 Å². The molecule has 3 nitrogen and oxygen atoms in total. The van der Waals surface area contributed by atoms with Gasteiger partial charge in [-0.25, -0.2) is 0 Å². The number of fused-ring (bicyclic) bond motifs is 1. The smallest absolute Gasteiger partial charge is 0.226 e. The average molecular weight is 168 g/mol. The molecule has 2 fully saturated rings. The van der Waals surface area contributed by atoms with Crippen LogP contribution in [0.1, 0.15) is 12.8 Å². The second kappa shape index (κ2) is 3.05. The van der Waals surface area contributed by atoms with E-state index in [0.717, 1.165) is 19.6 Å². The lowest BCUT2D eigenvalue weighted by Crippen LogP contribution is -2.50. The Kier molecular flexibility index (Phi) is 2.05. The van der Waals surface area contributed by atoms with Gasteiger partial charge in [0.1, 0.15) is 0 Å². The van der Waals surface area contributed by atoms with Crippen molar-refractivity contribution >= 4 is 5.91 Å². The number of piperidine rings is 2. The summed E-state index contributed by atoms with van der Waals surface area (Å²) in [5, 5.41) is 3.29. The van der Waals surface area contributed by atoms with Crippen LogP contribution in [0.4, 0.5) is 0 Å². The molecular weight excluding hydrogens is 152 g/mol. The Balaban J connectivity index is 2.08. The third kappa shape index (κ3) is 1.22. The predicted molar refractivity (Wildman–Crippen MR) is 46.7 cm³/mol. The molecule has 0 saturated carbocycles. The van der Waals surface area contributed by atoms with E-state index in [1.54, 1.807) is 0 Å². The van der Waals surface area contributed by atoms with Crippen molar-refractivity contribution < 1.29 is 4.79 Å². The predicted octanol–water partition coefficient (Wildman–Crippen LogP) is 0.0742. The van der Waals surface area contributed by atoms with Crippen LogP contribution in [0.3, 0.4) is 0 Å². The summed E-state index contributed by atoms with van der Waals surface area (Å²) in [4.78, 5) is 13.5. The number of hydrogen-bond donors (Lipinski definition) is 1. The Morgan fingerprint density at radius 2 is 2.33 bits per heavy atom. The summed E-state index contributed by atoms with van der Waals surface area (Å²) in [5.41, 5.74) is 0. The first kappa shape index (κ1) is 8.05. The summed E-state index contributed by atoms with van der Waals surface area (Å²) in [6.45, 7) is 2.95. The van der Waals surface area contributed by atoms with E-state index < -0.39 is 0 Å². The maximum absolute atomic E-state index is 11.6. The van der Waals surface area contributed by atoms with Gasteiger partial charge in [0.15, 0.2) is 0 Å². The summed E-state index contributed by atoms with van der Waals surface area (Å²) < 4.78 is 0. The highest BCUT2D eigenvalue weighted by Gasteiger charge is 2.36. The van der Waals surface area contributed by atoms with Crippen molar-refractivity contribution in [3.8, 4) is 0 Å². The van der Waals surface area contributed by atoms with E-state index in [-0.39, 0.29) is 5.92 Å². The van der Waals surface area contributed by atoms with E-state index in [0.29, 0.717) is 11.8 Å². The van der Waals surface area contributed by atoms with Gasteiger partial charge in [-0.1, -0.05) is 0 Å². The van der Waals surface area contributed by atoms with E-state index in [4.69, 9.17) is 0 Å². The maximum Gasteiger partial charge on any atom is 0.226 e. The number of nitrogens with one attached hydrogen (secondary N) is 1. The molecule has 0 aromatic rings. The number of rotatable bonds is 0. The minimum Gasteiger partial charge on any atom is -0.345 e. The molecule has 0 bridgehead atoms.